The molecule has 0 spiro atoms. The van der Waals surface area contributed by atoms with Crippen LogP contribution >= 0.6 is 0 Å². The molecule has 0 amide bonds. The van der Waals surface area contributed by atoms with E-state index in [2.05, 4.69) is 9.62 Å². The summed E-state index contributed by atoms with van der Waals surface area (Å²) >= 11 is 0. The van der Waals surface area contributed by atoms with Crippen LogP contribution in [0.5, 0.6) is 0 Å². The van der Waals surface area contributed by atoms with E-state index in [0.717, 1.165) is 25.6 Å². The number of anilines is 1. The highest BCUT2D eigenvalue weighted by Crippen LogP contribution is 2.23. The van der Waals surface area contributed by atoms with Crippen LogP contribution in [0.4, 0.5) is 10.1 Å². The van der Waals surface area contributed by atoms with E-state index in [9.17, 15) is 12.8 Å². The van der Waals surface area contributed by atoms with Gasteiger partial charge in [-0.05, 0) is 38.1 Å². The standard InChI is InChI=1S/C13H20FN3O2S/c1-9-8-17(2)7-6-11(9)16-20(18,19)12-5-3-4-10(14)13(12)15/h3-5,9,11,16H,6-8,15H2,1-2H3. The maximum atomic E-state index is 13.4. The lowest BCUT2D eigenvalue weighted by atomic mass is 9.95. The minimum Gasteiger partial charge on any atom is -0.395 e. The smallest absolute Gasteiger partial charge is 0.242 e. The number of nitrogens with one attached hydrogen (secondary N) is 1. The molecule has 0 radical (unpaired) electrons. The third-order valence-electron chi connectivity index (χ3n) is 3.72. The fraction of sp³-hybridized carbons (Fsp3) is 0.538. The monoisotopic (exact) mass is 301 g/mol. The molecule has 112 valence electrons. The largest absolute Gasteiger partial charge is 0.395 e. The van der Waals surface area contributed by atoms with Crippen LogP contribution in [0, 0.1) is 11.7 Å². The zero-order valence-electron chi connectivity index (χ0n) is 11.6. The van der Waals surface area contributed by atoms with Crippen molar-refractivity contribution in [1.82, 2.24) is 9.62 Å². The third kappa shape index (κ3) is 3.11. The Balaban J connectivity index is 2.21. The maximum Gasteiger partial charge on any atom is 0.242 e. The Kier molecular flexibility index (Phi) is 4.31. The summed E-state index contributed by atoms with van der Waals surface area (Å²) in [6.45, 7) is 3.65. The predicted octanol–water partition coefficient (Wildman–Crippen LogP) is 1.03. The molecule has 0 bridgehead atoms. The second-order valence-electron chi connectivity index (χ2n) is 5.41. The molecule has 7 heteroatoms. The molecule has 0 saturated carbocycles. The van der Waals surface area contributed by atoms with E-state index < -0.39 is 15.8 Å². The number of para-hydroxylation sites is 1. The normalized spacial score (nSPS) is 24.8. The van der Waals surface area contributed by atoms with Gasteiger partial charge in [0.25, 0.3) is 0 Å². The number of nitrogens with zero attached hydrogens (tertiary/aromatic N) is 1. The molecule has 2 atom stereocenters. The number of halogens is 1. The van der Waals surface area contributed by atoms with Gasteiger partial charge >= 0.3 is 0 Å². The number of nitrogen functional groups attached to an aromatic ring is 1. The molecule has 2 unspecified atom stereocenters. The summed E-state index contributed by atoms with van der Waals surface area (Å²) < 4.78 is 40.7. The number of likely N-dealkylation sites (tertiary alicyclic amines) is 1. The molecule has 0 aromatic heterocycles. The number of hydrogen-bond donors (Lipinski definition) is 2. The maximum absolute atomic E-state index is 13.4. The lowest BCUT2D eigenvalue weighted by Crippen LogP contribution is -2.48. The van der Waals surface area contributed by atoms with Crippen LogP contribution in [0.2, 0.25) is 0 Å². The molecular weight excluding hydrogens is 281 g/mol. The van der Waals surface area contributed by atoms with Gasteiger partial charge in [-0.15, -0.1) is 0 Å². The molecule has 1 aliphatic heterocycles. The molecule has 20 heavy (non-hydrogen) atoms. The van der Waals surface area contributed by atoms with Crippen LogP contribution in [-0.2, 0) is 10.0 Å². The molecule has 1 aromatic rings. The van der Waals surface area contributed by atoms with E-state index in [0.29, 0.717) is 0 Å². The van der Waals surface area contributed by atoms with Gasteiger partial charge in [0.05, 0.1) is 5.69 Å². The van der Waals surface area contributed by atoms with E-state index in [1.807, 2.05) is 14.0 Å². The number of hydrogen-bond acceptors (Lipinski definition) is 4. The van der Waals surface area contributed by atoms with Crippen LogP contribution in [0.15, 0.2) is 23.1 Å². The summed E-state index contributed by atoms with van der Waals surface area (Å²) in [5.74, 6) is -0.525. The third-order valence-corrected chi connectivity index (χ3v) is 5.27. The highest BCUT2D eigenvalue weighted by Gasteiger charge is 2.29. The van der Waals surface area contributed by atoms with Gasteiger partial charge in [0.1, 0.15) is 10.7 Å². The Morgan fingerprint density at radius 1 is 1.45 bits per heavy atom. The van der Waals surface area contributed by atoms with Crippen LogP contribution in [0.3, 0.4) is 0 Å². The molecule has 1 fully saturated rings. The molecular formula is C13H20FN3O2S. The van der Waals surface area contributed by atoms with Gasteiger partial charge < -0.3 is 10.6 Å². The van der Waals surface area contributed by atoms with E-state index in [-0.39, 0.29) is 22.5 Å². The number of rotatable bonds is 3. The Bertz CT molecular complexity index is 591. The summed E-state index contributed by atoms with van der Waals surface area (Å²) in [5.41, 5.74) is 5.20. The first-order chi connectivity index (χ1) is 9.31. The molecule has 1 saturated heterocycles. The topological polar surface area (TPSA) is 75.4 Å². The molecule has 0 aliphatic carbocycles. The van der Waals surface area contributed by atoms with E-state index in [1.165, 1.54) is 12.1 Å². The van der Waals surface area contributed by atoms with Crippen LogP contribution in [0.1, 0.15) is 13.3 Å². The van der Waals surface area contributed by atoms with Gasteiger partial charge in [0, 0.05) is 12.6 Å². The number of piperidine rings is 1. The van der Waals surface area contributed by atoms with Crippen molar-refractivity contribution in [2.45, 2.75) is 24.3 Å². The lowest BCUT2D eigenvalue weighted by Gasteiger charge is -2.35. The van der Waals surface area contributed by atoms with Crippen molar-refractivity contribution in [3.63, 3.8) is 0 Å². The molecule has 1 aliphatic rings. The second-order valence-corrected chi connectivity index (χ2v) is 7.09. The lowest BCUT2D eigenvalue weighted by molar-refractivity contribution is 0.188. The summed E-state index contributed by atoms with van der Waals surface area (Å²) in [6.07, 6.45) is 0.728. The van der Waals surface area contributed by atoms with Crippen molar-refractivity contribution >= 4 is 15.7 Å². The van der Waals surface area contributed by atoms with Gasteiger partial charge in [-0.1, -0.05) is 13.0 Å². The Morgan fingerprint density at radius 2 is 2.15 bits per heavy atom. The van der Waals surface area contributed by atoms with Crippen molar-refractivity contribution in [3.05, 3.63) is 24.0 Å². The van der Waals surface area contributed by atoms with Gasteiger partial charge in [-0.25, -0.2) is 17.5 Å². The van der Waals surface area contributed by atoms with Crippen molar-refractivity contribution in [3.8, 4) is 0 Å². The fourth-order valence-electron chi connectivity index (χ4n) is 2.54. The van der Waals surface area contributed by atoms with Gasteiger partial charge in [0.15, 0.2) is 0 Å². The van der Waals surface area contributed by atoms with Crippen molar-refractivity contribution < 1.29 is 12.8 Å². The number of nitrogens with two attached hydrogens (primary N) is 1. The fourth-order valence-corrected chi connectivity index (χ4v) is 4.06. The van der Waals surface area contributed by atoms with Crippen molar-refractivity contribution in [1.29, 1.82) is 0 Å². The van der Waals surface area contributed by atoms with E-state index >= 15 is 0 Å². The van der Waals surface area contributed by atoms with Gasteiger partial charge in [-0.2, -0.15) is 0 Å². The average Bonchev–Trinajstić information content (AvgIpc) is 2.36. The molecule has 2 rings (SSSR count). The highest BCUT2D eigenvalue weighted by molar-refractivity contribution is 7.89. The number of sulfonamides is 1. The van der Waals surface area contributed by atoms with E-state index in [4.69, 9.17) is 5.73 Å². The van der Waals surface area contributed by atoms with Crippen LogP contribution < -0.4 is 10.5 Å². The quantitative estimate of drug-likeness (QED) is 0.818. The average molecular weight is 301 g/mol. The van der Waals surface area contributed by atoms with Gasteiger partial charge in [0.2, 0.25) is 10.0 Å². The summed E-state index contributed by atoms with van der Waals surface area (Å²) in [5, 5.41) is 0. The highest BCUT2D eigenvalue weighted by atomic mass is 32.2. The van der Waals surface area contributed by atoms with Crippen molar-refractivity contribution in [2.24, 2.45) is 5.92 Å². The zero-order valence-corrected chi connectivity index (χ0v) is 12.5. The number of benzene rings is 1. The minimum atomic E-state index is -3.80. The predicted molar refractivity (Wildman–Crippen MR) is 76.2 cm³/mol. The van der Waals surface area contributed by atoms with Gasteiger partial charge in [-0.3, -0.25) is 0 Å². The zero-order chi connectivity index (χ0) is 14.9. The van der Waals surface area contributed by atoms with Crippen molar-refractivity contribution in [2.75, 3.05) is 25.9 Å². The molecule has 3 N–H and O–H groups in total. The van der Waals surface area contributed by atoms with Crippen LogP contribution in [-0.4, -0.2) is 39.5 Å². The first-order valence-corrected chi connectivity index (χ1v) is 8.04. The van der Waals surface area contributed by atoms with E-state index in [1.54, 1.807) is 0 Å². The first-order valence-electron chi connectivity index (χ1n) is 6.56. The Labute approximate surface area is 119 Å². The summed E-state index contributed by atoms with van der Waals surface area (Å²) in [6, 6.07) is 3.66. The molecule has 1 aromatic carbocycles. The minimum absolute atomic E-state index is 0.154. The Morgan fingerprint density at radius 3 is 2.80 bits per heavy atom. The summed E-state index contributed by atoms with van der Waals surface area (Å²) in [7, 11) is -1.79. The first kappa shape index (κ1) is 15.2. The Hall–Kier alpha value is -1.18. The SMILES string of the molecule is CC1CN(C)CCC1NS(=O)(=O)c1cccc(F)c1N. The molecule has 1 heterocycles. The summed E-state index contributed by atoms with van der Waals surface area (Å²) in [4.78, 5) is 1.97. The van der Waals surface area contributed by atoms with Crippen LogP contribution in [0.25, 0.3) is 0 Å². The second kappa shape index (κ2) is 5.67. The molecule has 5 nitrogen and oxygen atoms in total.